The summed E-state index contributed by atoms with van der Waals surface area (Å²) in [5.74, 6) is -0.951. The summed E-state index contributed by atoms with van der Waals surface area (Å²) >= 11 is 8.08. The summed E-state index contributed by atoms with van der Waals surface area (Å²) in [6.07, 6.45) is 0.749. The van der Waals surface area contributed by atoms with Crippen LogP contribution in [0.5, 0.6) is 0 Å². The van der Waals surface area contributed by atoms with Crippen molar-refractivity contribution in [2.24, 2.45) is 0 Å². The Hall–Kier alpha value is 0.130. The third-order valence-electron chi connectivity index (χ3n) is 1.62. The molecule has 1 heterocycles. The van der Waals surface area contributed by atoms with Crippen LogP contribution in [0.25, 0.3) is 0 Å². The van der Waals surface area contributed by atoms with Crippen molar-refractivity contribution in [1.29, 1.82) is 0 Å². The molecular weight excluding hydrogens is 170 g/mol. The van der Waals surface area contributed by atoms with E-state index in [1.807, 2.05) is 0 Å². The van der Waals surface area contributed by atoms with E-state index in [2.05, 4.69) is 30.6 Å². The highest BCUT2D eigenvalue weighted by Gasteiger charge is 2.44. The Morgan fingerprint density at radius 2 is 2.40 bits per heavy atom. The first-order valence-corrected chi connectivity index (χ1v) is 3.92. The molecule has 0 radical (unpaired) electrons. The highest BCUT2D eigenvalue weighted by Crippen LogP contribution is 2.28. The van der Waals surface area contributed by atoms with Gasteiger partial charge in [0.05, 0.1) is 0 Å². The van der Waals surface area contributed by atoms with Gasteiger partial charge in [0.25, 0.3) is 0 Å². The lowest BCUT2D eigenvalue weighted by atomic mass is 10.2. The predicted molar refractivity (Wildman–Crippen MR) is 44.7 cm³/mol. The molecule has 0 bridgehead atoms. The van der Waals surface area contributed by atoms with E-state index in [1.54, 1.807) is 0 Å². The van der Waals surface area contributed by atoms with E-state index in [-0.39, 0.29) is 5.25 Å². The minimum atomic E-state index is -1.12. The summed E-state index contributed by atoms with van der Waals surface area (Å²) in [6.45, 7) is 0.671. The Bertz CT molecular complexity index is 164. The fourth-order valence-electron chi connectivity index (χ4n) is 0.944. The second-order valence-electron chi connectivity index (χ2n) is 2.30. The number of thiol groups is 2. The Morgan fingerprint density at radius 1 is 1.80 bits per heavy atom. The number of rotatable bonds is 1. The first-order valence-electron chi connectivity index (χ1n) is 2.96. The van der Waals surface area contributed by atoms with Crippen molar-refractivity contribution in [2.75, 3.05) is 6.54 Å². The summed E-state index contributed by atoms with van der Waals surface area (Å²) < 4.78 is 0. The average Bonchev–Trinajstić information content (AvgIpc) is 2.15. The van der Waals surface area contributed by atoms with Crippen LogP contribution in [0.1, 0.15) is 6.42 Å². The van der Waals surface area contributed by atoms with Crippen molar-refractivity contribution < 1.29 is 9.90 Å². The van der Waals surface area contributed by atoms with Gasteiger partial charge in [-0.2, -0.15) is 12.6 Å². The molecule has 1 rings (SSSR count). The van der Waals surface area contributed by atoms with E-state index in [1.165, 1.54) is 0 Å². The molecular formula is C5H9NO2S2. The van der Waals surface area contributed by atoms with Gasteiger partial charge in [-0.25, -0.2) is 4.79 Å². The van der Waals surface area contributed by atoms with Crippen LogP contribution in [0.15, 0.2) is 0 Å². The molecule has 2 atom stereocenters. The molecule has 0 saturated carbocycles. The van der Waals surface area contributed by atoms with Gasteiger partial charge in [-0.1, -0.05) is 0 Å². The zero-order valence-electron chi connectivity index (χ0n) is 5.24. The first kappa shape index (κ1) is 8.23. The summed E-state index contributed by atoms with van der Waals surface area (Å²) in [7, 11) is 0. The maximum atomic E-state index is 10.5. The van der Waals surface area contributed by atoms with E-state index in [0.29, 0.717) is 6.54 Å². The maximum Gasteiger partial charge on any atom is 0.335 e. The molecule has 5 heteroatoms. The zero-order valence-corrected chi connectivity index (χ0v) is 7.03. The van der Waals surface area contributed by atoms with Crippen molar-refractivity contribution in [3.05, 3.63) is 0 Å². The van der Waals surface area contributed by atoms with E-state index >= 15 is 0 Å². The van der Waals surface area contributed by atoms with Crippen LogP contribution < -0.4 is 5.32 Å². The second kappa shape index (κ2) is 2.64. The molecule has 1 saturated heterocycles. The van der Waals surface area contributed by atoms with E-state index in [9.17, 15) is 4.79 Å². The third kappa shape index (κ3) is 1.13. The molecule has 0 aromatic rings. The molecule has 58 valence electrons. The average molecular weight is 179 g/mol. The third-order valence-corrected chi connectivity index (χ3v) is 3.13. The quantitative estimate of drug-likeness (QED) is 0.428. The molecule has 10 heavy (non-hydrogen) atoms. The van der Waals surface area contributed by atoms with Crippen molar-refractivity contribution in [3.8, 4) is 0 Å². The van der Waals surface area contributed by atoms with Crippen LogP contribution >= 0.6 is 25.3 Å². The lowest BCUT2D eigenvalue weighted by Crippen LogP contribution is -2.47. The smallest absolute Gasteiger partial charge is 0.335 e. The predicted octanol–water partition coefficient (Wildman–Crippen LogP) is -0.0112. The topological polar surface area (TPSA) is 49.3 Å². The molecule has 1 aliphatic heterocycles. The van der Waals surface area contributed by atoms with Gasteiger partial charge in [-0.3, -0.25) is 5.32 Å². The number of carboxylic acids is 1. The lowest BCUT2D eigenvalue weighted by molar-refractivity contribution is -0.140. The molecule has 0 aromatic heterocycles. The van der Waals surface area contributed by atoms with E-state index < -0.39 is 10.8 Å². The Kier molecular flexibility index (Phi) is 2.17. The number of carboxylic acid groups (broad SMARTS) is 1. The summed E-state index contributed by atoms with van der Waals surface area (Å²) in [5, 5.41) is 11.2. The lowest BCUT2D eigenvalue weighted by Gasteiger charge is -2.21. The van der Waals surface area contributed by atoms with Gasteiger partial charge in [0.2, 0.25) is 0 Å². The van der Waals surface area contributed by atoms with Crippen molar-refractivity contribution in [3.63, 3.8) is 0 Å². The molecule has 0 aliphatic carbocycles. The fraction of sp³-hybridized carbons (Fsp3) is 0.800. The standard InChI is InChI=1S/C5H9NO2S2/c7-4(8)5(10)3(9)1-2-6-5/h3,6,9-10H,1-2H2,(H,7,8)/t3?,5-/m1/s1. The highest BCUT2D eigenvalue weighted by molar-refractivity contribution is 7.86. The molecule has 0 amide bonds. The minimum absolute atomic E-state index is 0.201. The van der Waals surface area contributed by atoms with Gasteiger partial charge in [0, 0.05) is 5.25 Å². The molecule has 1 fully saturated rings. The number of hydrogen-bond acceptors (Lipinski definition) is 4. The molecule has 0 spiro atoms. The first-order chi connectivity index (χ1) is 4.57. The number of nitrogens with one attached hydrogen (secondary N) is 1. The zero-order chi connectivity index (χ0) is 7.78. The van der Waals surface area contributed by atoms with E-state index in [0.717, 1.165) is 6.42 Å². The number of aliphatic carboxylic acids is 1. The van der Waals surface area contributed by atoms with Crippen LogP contribution in [0.3, 0.4) is 0 Å². The molecule has 2 N–H and O–H groups in total. The largest absolute Gasteiger partial charge is 0.479 e. The van der Waals surface area contributed by atoms with Crippen LogP contribution in [0, 0.1) is 0 Å². The van der Waals surface area contributed by atoms with Crippen LogP contribution in [-0.2, 0) is 4.79 Å². The maximum absolute atomic E-state index is 10.5. The Labute approximate surface area is 70.0 Å². The Balaban J connectivity index is 2.75. The minimum Gasteiger partial charge on any atom is -0.479 e. The van der Waals surface area contributed by atoms with Crippen LogP contribution in [0.4, 0.5) is 0 Å². The molecule has 0 aromatic carbocycles. The number of hydrogen-bond donors (Lipinski definition) is 4. The van der Waals surface area contributed by atoms with Crippen molar-refractivity contribution in [2.45, 2.75) is 16.5 Å². The summed E-state index contributed by atoms with van der Waals surface area (Å²) in [4.78, 5) is 9.42. The summed E-state index contributed by atoms with van der Waals surface area (Å²) in [5.41, 5.74) is 0. The second-order valence-corrected chi connectivity index (χ2v) is 3.63. The Morgan fingerprint density at radius 3 is 2.60 bits per heavy atom. The van der Waals surface area contributed by atoms with Gasteiger partial charge in [0.15, 0.2) is 4.87 Å². The monoisotopic (exact) mass is 179 g/mol. The van der Waals surface area contributed by atoms with E-state index in [4.69, 9.17) is 5.11 Å². The molecule has 1 aliphatic rings. The highest BCUT2D eigenvalue weighted by atomic mass is 32.1. The normalized spacial score (nSPS) is 40.0. The van der Waals surface area contributed by atoms with Crippen LogP contribution in [0.2, 0.25) is 0 Å². The van der Waals surface area contributed by atoms with Crippen molar-refractivity contribution in [1.82, 2.24) is 5.32 Å². The number of carbonyl (C=O) groups is 1. The van der Waals surface area contributed by atoms with Gasteiger partial charge in [-0.05, 0) is 13.0 Å². The SMILES string of the molecule is O=C(O)[C@@]1(S)NCCC1S. The van der Waals surface area contributed by atoms with Gasteiger partial charge < -0.3 is 5.11 Å². The van der Waals surface area contributed by atoms with Gasteiger partial charge in [-0.15, -0.1) is 12.6 Å². The molecule has 1 unspecified atom stereocenters. The molecule has 3 nitrogen and oxygen atoms in total. The van der Waals surface area contributed by atoms with Crippen LogP contribution in [-0.4, -0.2) is 27.7 Å². The van der Waals surface area contributed by atoms with Gasteiger partial charge >= 0.3 is 5.97 Å². The fourth-order valence-corrected chi connectivity index (χ4v) is 1.52. The van der Waals surface area contributed by atoms with Crippen molar-refractivity contribution >= 4 is 31.2 Å². The van der Waals surface area contributed by atoms with Gasteiger partial charge in [0.1, 0.15) is 0 Å². The summed E-state index contributed by atoms with van der Waals surface area (Å²) in [6, 6.07) is 0.